The summed E-state index contributed by atoms with van der Waals surface area (Å²) >= 11 is 6.08. The van der Waals surface area contributed by atoms with Crippen LogP contribution in [-0.2, 0) is 11.8 Å². The second-order valence-corrected chi connectivity index (χ2v) is 6.02. The van der Waals surface area contributed by atoms with Gasteiger partial charge < -0.3 is 10.4 Å². The third kappa shape index (κ3) is 3.52. The van der Waals surface area contributed by atoms with Gasteiger partial charge in [0.1, 0.15) is 11.4 Å². The van der Waals surface area contributed by atoms with Crippen LogP contribution in [-0.4, -0.2) is 31.5 Å². The molecule has 3 aromatic rings. The number of hydrogen-bond acceptors (Lipinski definition) is 5. The Hall–Kier alpha value is -2.39. The van der Waals surface area contributed by atoms with Gasteiger partial charge in [0, 0.05) is 17.1 Å². The molecule has 0 saturated carbocycles. The Labute approximate surface area is 145 Å². The third-order valence-corrected chi connectivity index (χ3v) is 3.91. The molecule has 0 aliphatic heterocycles. The van der Waals surface area contributed by atoms with Crippen molar-refractivity contribution in [2.75, 3.05) is 11.9 Å². The van der Waals surface area contributed by atoms with E-state index in [4.69, 9.17) is 11.6 Å². The molecule has 0 spiro atoms. The summed E-state index contributed by atoms with van der Waals surface area (Å²) in [6.07, 6.45) is -4.67. The van der Waals surface area contributed by atoms with E-state index in [0.717, 1.165) is 0 Å². The first-order chi connectivity index (χ1) is 11.7. The molecule has 0 aliphatic rings. The SMILES string of the molecule is CC(O)(CNc1ccc2nnc(C(F)(F)F)n2n1)c1ccccc1Cl. The smallest absolute Gasteiger partial charge is 0.384 e. The van der Waals surface area contributed by atoms with Crippen LogP contribution in [0.4, 0.5) is 19.0 Å². The van der Waals surface area contributed by atoms with Gasteiger partial charge in [0.15, 0.2) is 5.65 Å². The predicted molar refractivity (Wildman–Crippen MR) is 85.3 cm³/mol. The molecule has 0 bridgehead atoms. The van der Waals surface area contributed by atoms with Crippen LogP contribution in [0.2, 0.25) is 5.02 Å². The molecular formula is C15H13ClF3N5O. The number of aromatic nitrogens is 4. The van der Waals surface area contributed by atoms with Crippen LogP contribution >= 0.6 is 11.6 Å². The maximum atomic E-state index is 12.9. The Kier molecular flexibility index (Phi) is 4.29. The highest BCUT2D eigenvalue weighted by atomic mass is 35.5. The second kappa shape index (κ2) is 6.16. The number of nitrogens with zero attached hydrogens (tertiary/aromatic N) is 4. The van der Waals surface area contributed by atoms with Crippen molar-refractivity contribution < 1.29 is 18.3 Å². The lowest BCUT2D eigenvalue weighted by atomic mass is 9.96. The van der Waals surface area contributed by atoms with Gasteiger partial charge in [-0.2, -0.15) is 17.7 Å². The van der Waals surface area contributed by atoms with Crippen molar-refractivity contribution >= 4 is 23.1 Å². The summed E-state index contributed by atoms with van der Waals surface area (Å²) in [5.74, 6) is -1.09. The summed E-state index contributed by atoms with van der Waals surface area (Å²) in [5, 5.41) is 24.2. The van der Waals surface area contributed by atoms with E-state index < -0.39 is 17.6 Å². The van der Waals surface area contributed by atoms with E-state index in [1.807, 2.05) is 0 Å². The van der Waals surface area contributed by atoms with E-state index in [1.54, 1.807) is 31.2 Å². The van der Waals surface area contributed by atoms with Crippen LogP contribution in [0.5, 0.6) is 0 Å². The number of alkyl halides is 3. The second-order valence-electron chi connectivity index (χ2n) is 5.62. The summed E-state index contributed by atoms with van der Waals surface area (Å²) < 4.78 is 39.3. The van der Waals surface area contributed by atoms with Gasteiger partial charge in [0.05, 0.1) is 0 Å². The van der Waals surface area contributed by atoms with Crippen LogP contribution in [0.25, 0.3) is 5.65 Å². The van der Waals surface area contributed by atoms with E-state index in [1.165, 1.54) is 12.1 Å². The van der Waals surface area contributed by atoms with E-state index in [0.29, 0.717) is 15.1 Å². The fourth-order valence-corrected chi connectivity index (χ4v) is 2.66. The highest BCUT2D eigenvalue weighted by molar-refractivity contribution is 6.31. The Morgan fingerprint density at radius 1 is 1.16 bits per heavy atom. The Morgan fingerprint density at radius 3 is 2.56 bits per heavy atom. The van der Waals surface area contributed by atoms with Gasteiger partial charge in [0.2, 0.25) is 0 Å². The number of anilines is 1. The average Bonchev–Trinajstić information content (AvgIpc) is 2.96. The Balaban J connectivity index is 1.85. The maximum Gasteiger partial charge on any atom is 0.453 e. The van der Waals surface area contributed by atoms with Gasteiger partial charge in [-0.3, -0.25) is 0 Å². The molecule has 0 saturated heterocycles. The standard InChI is InChI=1S/C15H13ClF3N5O/c1-14(25,9-4-2-3-5-10(9)16)8-20-11-6-7-12-21-22-13(15(17,18)19)24(12)23-11/h2-7,25H,8H2,1H3,(H,20,23). The molecule has 10 heteroatoms. The van der Waals surface area contributed by atoms with Crippen LogP contribution in [0.1, 0.15) is 18.3 Å². The zero-order chi connectivity index (χ0) is 18.2. The Bertz CT molecular complexity index is 910. The van der Waals surface area contributed by atoms with Gasteiger partial charge in [-0.15, -0.1) is 15.3 Å². The van der Waals surface area contributed by atoms with E-state index in [2.05, 4.69) is 20.6 Å². The molecular weight excluding hydrogens is 359 g/mol. The van der Waals surface area contributed by atoms with Crippen molar-refractivity contribution in [2.45, 2.75) is 18.7 Å². The van der Waals surface area contributed by atoms with Crippen molar-refractivity contribution in [3.05, 3.63) is 52.8 Å². The lowest BCUT2D eigenvalue weighted by Gasteiger charge is -2.25. The first-order valence-electron chi connectivity index (χ1n) is 7.19. The zero-order valence-electron chi connectivity index (χ0n) is 12.9. The van der Waals surface area contributed by atoms with Gasteiger partial charge in [-0.25, -0.2) is 0 Å². The monoisotopic (exact) mass is 371 g/mol. The molecule has 2 heterocycles. The van der Waals surface area contributed by atoms with E-state index >= 15 is 0 Å². The topological polar surface area (TPSA) is 75.3 Å². The molecule has 1 unspecified atom stereocenters. The van der Waals surface area contributed by atoms with Crippen molar-refractivity contribution in [1.82, 2.24) is 19.8 Å². The quantitative estimate of drug-likeness (QED) is 0.737. The van der Waals surface area contributed by atoms with Crippen LogP contribution < -0.4 is 5.32 Å². The van der Waals surface area contributed by atoms with E-state index in [-0.39, 0.29) is 18.0 Å². The Morgan fingerprint density at radius 2 is 1.88 bits per heavy atom. The van der Waals surface area contributed by atoms with Crippen molar-refractivity contribution in [3.8, 4) is 0 Å². The van der Waals surface area contributed by atoms with E-state index in [9.17, 15) is 18.3 Å². The summed E-state index contributed by atoms with van der Waals surface area (Å²) in [4.78, 5) is 0. The molecule has 0 radical (unpaired) electrons. The first kappa shape index (κ1) is 17.4. The van der Waals surface area contributed by atoms with Crippen LogP contribution in [0, 0.1) is 0 Å². The number of rotatable bonds is 4. The number of nitrogens with one attached hydrogen (secondary N) is 1. The fraction of sp³-hybridized carbons (Fsp3) is 0.267. The number of hydrogen-bond donors (Lipinski definition) is 2. The molecule has 1 aromatic carbocycles. The van der Waals surface area contributed by atoms with Crippen LogP contribution in [0.3, 0.4) is 0 Å². The predicted octanol–water partition coefficient (Wildman–Crippen LogP) is 3.12. The van der Waals surface area contributed by atoms with Gasteiger partial charge in [-0.1, -0.05) is 29.8 Å². The summed E-state index contributed by atoms with van der Waals surface area (Å²) in [6.45, 7) is 1.53. The molecule has 0 amide bonds. The lowest BCUT2D eigenvalue weighted by Crippen LogP contribution is -2.31. The summed E-state index contributed by atoms with van der Waals surface area (Å²) in [6, 6.07) is 9.57. The molecule has 25 heavy (non-hydrogen) atoms. The molecule has 2 N–H and O–H groups in total. The molecule has 0 fully saturated rings. The minimum atomic E-state index is -4.67. The average molecular weight is 372 g/mol. The third-order valence-electron chi connectivity index (χ3n) is 3.58. The van der Waals surface area contributed by atoms with Crippen molar-refractivity contribution in [2.24, 2.45) is 0 Å². The van der Waals surface area contributed by atoms with Crippen LogP contribution in [0.15, 0.2) is 36.4 Å². The van der Waals surface area contributed by atoms with Gasteiger partial charge in [-0.05, 0) is 25.1 Å². The molecule has 2 aromatic heterocycles. The molecule has 0 aliphatic carbocycles. The van der Waals surface area contributed by atoms with Gasteiger partial charge in [0.25, 0.3) is 5.82 Å². The molecule has 3 rings (SSSR count). The first-order valence-corrected chi connectivity index (χ1v) is 7.57. The normalized spacial score (nSPS) is 14.5. The van der Waals surface area contributed by atoms with Gasteiger partial charge >= 0.3 is 6.18 Å². The molecule has 132 valence electrons. The summed E-state index contributed by atoms with van der Waals surface area (Å²) in [5.41, 5.74) is -0.893. The molecule has 6 nitrogen and oxygen atoms in total. The largest absolute Gasteiger partial charge is 0.453 e. The molecule has 1 atom stereocenters. The lowest BCUT2D eigenvalue weighted by molar-refractivity contribution is -0.146. The van der Waals surface area contributed by atoms with Crippen molar-refractivity contribution in [1.29, 1.82) is 0 Å². The minimum absolute atomic E-state index is 0.0152. The number of aliphatic hydroxyl groups is 1. The number of halogens is 4. The maximum absolute atomic E-state index is 12.9. The number of fused-ring (bicyclic) bond motifs is 1. The summed E-state index contributed by atoms with van der Waals surface area (Å²) in [7, 11) is 0. The minimum Gasteiger partial charge on any atom is -0.384 e. The highest BCUT2D eigenvalue weighted by Crippen LogP contribution is 2.29. The highest BCUT2D eigenvalue weighted by Gasteiger charge is 2.37. The zero-order valence-corrected chi connectivity index (χ0v) is 13.7. The van der Waals surface area contributed by atoms with Crippen molar-refractivity contribution in [3.63, 3.8) is 0 Å². The number of benzene rings is 1. The fourth-order valence-electron chi connectivity index (χ4n) is 2.32.